The van der Waals surface area contributed by atoms with Gasteiger partial charge in [0.25, 0.3) is 5.91 Å². The number of aromatic nitrogens is 1. The fraction of sp³-hybridized carbons (Fsp3) is 0.167. The molecule has 6 heteroatoms. The van der Waals surface area contributed by atoms with Crippen molar-refractivity contribution >= 4 is 39.8 Å². The molecule has 1 aromatic heterocycles. The van der Waals surface area contributed by atoms with E-state index in [1.165, 1.54) is 11.3 Å². The molecular formula is C12H13N3OS2. The van der Waals surface area contributed by atoms with Gasteiger partial charge in [0.15, 0.2) is 5.13 Å². The van der Waals surface area contributed by atoms with Gasteiger partial charge >= 0.3 is 0 Å². The van der Waals surface area contributed by atoms with Gasteiger partial charge in [-0.1, -0.05) is 11.3 Å². The monoisotopic (exact) mass is 279 g/mol. The predicted molar refractivity (Wildman–Crippen MR) is 77.4 cm³/mol. The van der Waals surface area contributed by atoms with Gasteiger partial charge in [-0.2, -0.15) is 0 Å². The lowest BCUT2D eigenvalue weighted by atomic mass is 10.3. The second kappa shape index (κ2) is 5.41. The number of rotatable bonds is 3. The number of amides is 1. The Morgan fingerprint density at radius 3 is 2.56 bits per heavy atom. The summed E-state index contributed by atoms with van der Waals surface area (Å²) < 4.78 is 0. The van der Waals surface area contributed by atoms with Gasteiger partial charge in [-0.05, 0) is 37.4 Å². The van der Waals surface area contributed by atoms with E-state index in [0.717, 1.165) is 10.6 Å². The van der Waals surface area contributed by atoms with Crippen LogP contribution in [0, 0.1) is 6.92 Å². The molecule has 0 fully saturated rings. The van der Waals surface area contributed by atoms with Gasteiger partial charge in [0, 0.05) is 10.6 Å². The summed E-state index contributed by atoms with van der Waals surface area (Å²) in [5.74, 6) is -0.168. The third kappa shape index (κ3) is 2.83. The SMILES string of the molecule is CSc1ccc(NC(=O)c2sc(N)nc2C)cc1. The minimum absolute atomic E-state index is 0.168. The number of nitrogen functional groups attached to an aromatic ring is 1. The van der Waals surface area contributed by atoms with E-state index in [1.807, 2.05) is 30.5 Å². The molecule has 0 aliphatic carbocycles. The van der Waals surface area contributed by atoms with Gasteiger partial charge in [0.2, 0.25) is 0 Å². The fourth-order valence-corrected chi connectivity index (χ4v) is 2.63. The van der Waals surface area contributed by atoms with Crippen LogP contribution in [0.1, 0.15) is 15.4 Å². The number of benzene rings is 1. The Morgan fingerprint density at radius 2 is 2.06 bits per heavy atom. The number of nitrogens with zero attached hydrogens (tertiary/aromatic N) is 1. The lowest BCUT2D eigenvalue weighted by Crippen LogP contribution is -2.11. The van der Waals surface area contributed by atoms with E-state index in [2.05, 4.69) is 10.3 Å². The number of nitrogens with one attached hydrogen (secondary N) is 1. The highest BCUT2D eigenvalue weighted by Crippen LogP contribution is 2.22. The highest BCUT2D eigenvalue weighted by molar-refractivity contribution is 7.98. The van der Waals surface area contributed by atoms with Crippen LogP contribution in [0.4, 0.5) is 10.8 Å². The van der Waals surface area contributed by atoms with Crippen LogP contribution in [-0.2, 0) is 0 Å². The second-order valence-electron chi connectivity index (χ2n) is 3.65. The van der Waals surface area contributed by atoms with Crippen LogP contribution in [0.3, 0.4) is 0 Å². The van der Waals surface area contributed by atoms with Gasteiger partial charge in [-0.25, -0.2) is 4.98 Å². The Bertz CT molecular complexity index is 563. The van der Waals surface area contributed by atoms with Crippen LogP contribution in [-0.4, -0.2) is 17.1 Å². The zero-order valence-corrected chi connectivity index (χ0v) is 11.7. The molecule has 0 atom stereocenters. The first-order chi connectivity index (χ1) is 8.60. The largest absolute Gasteiger partial charge is 0.375 e. The molecule has 1 amide bonds. The Hall–Kier alpha value is -1.53. The van der Waals surface area contributed by atoms with E-state index in [0.29, 0.717) is 15.7 Å². The summed E-state index contributed by atoms with van der Waals surface area (Å²) in [7, 11) is 0. The number of nitrogens with two attached hydrogens (primary N) is 1. The van der Waals surface area contributed by atoms with Crippen molar-refractivity contribution < 1.29 is 4.79 Å². The molecule has 18 heavy (non-hydrogen) atoms. The summed E-state index contributed by atoms with van der Waals surface area (Å²) in [5, 5.41) is 3.24. The molecule has 4 nitrogen and oxygen atoms in total. The highest BCUT2D eigenvalue weighted by Gasteiger charge is 2.14. The molecule has 0 saturated carbocycles. The van der Waals surface area contributed by atoms with E-state index in [1.54, 1.807) is 18.7 Å². The summed E-state index contributed by atoms with van der Waals surface area (Å²) in [6.45, 7) is 1.78. The van der Waals surface area contributed by atoms with Gasteiger partial charge in [0.1, 0.15) is 4.88 Å². The zero-order valence-electron chi connectivity index (χ0n) is 10.1. The Labute approximate surface area is 114 Å². The number of carbonyl (C=O) groups excluding carboxylic acids is 1. The van der Waals surface area contributed by atoms with Crippen LogP contribution < -0.4 is 11.1 Å². The Kier molecular flexibility index (Phi) is 3.88. The molecule has 0 bridgehead atoms. The van der Waals surface area contributed by atoms with E-state index in [9.17, 15) is 4.79 Å². The summed E-state index contributed by atoms with van der Waals surface area (Å²) in [4.78, 5) is 17.7. The number of carbonyl (C=O) groups is 1. The smallest absolute Gasteiger partial charge is 0.267 e. The maximum Gasteiger partial charge on any atom is 0.267 e. The summed E-state index contributed by atoms with van der Waals surface area (Å²) >= 11 is 2.86. The minimum atomic E-state index is -0.168. The van der Waals surface area contributed by atoms with Gasteiger partial charge in [-0.15, -0.1) is 11.8 Å². The number of thioether (sulfide) groups is 1. The van der Waals surface area contributed by atoms with Crippen LogP contribution in [0.5, 0.6) is 0 Å². The second-order valence-corrected chi connectivity index (χ2v) is 5.56. The molecule has 0 spiro atoms. The van der Waals surface area contributed by atoms with Crippen LogP contribution in [0.25, 0.3) is 0 Å². The predicted octanol–water partition coefficient (Wildman–Crippen LogP) is 3.01. The van der Waals surface area contributed by atoms with Crippen molar-refractivity contribution in [2.75, 3.05) is 17.3 Å². The lowest BCUT2D eigenvalue weighted by Gasteiger charge is -2.04. The maximum atomic E-state index is 12.0. The van der Waals surface area contributed by atoms with Gasteiger partial charge in [-0.3, -0.25) is 4.79 Å². The molecule has 0 aliphatic rings. The third-order valence-electron chi connectivity index (χ3n) is 2.37. The number of hydrogen-bond donors (Lipinski definition) is 2. The maximum absolute atomic E-state index is 12.0. The van der Waals surface area contributed by atoms with Gasteiger partial charge < -0.3 is 11.1 Å². The van der Waals surface area contributed by atoms with E-state index >= 15 is 0 Å². The van der Waals surface area contributed by atoms with Gasteiger partial charge in [0.05, 0.1) is 5.69 Å². The summed E-state index contributed by atoms with van der Waals surface area (Å²) in [6.07, 6.45) is 2.01. The molecule has 2 aromatic rings. The molecule has 94 valence electrons. The van der Waals surface area contributed by atoms with Crippen LogP contribution in [0.2, 0.25) is 0 Å². The van der Waals surface area contributed by atoms with Crippen molar-refractivity contribution in [1.29, 1.82) is 0 Å². The number of thiazole rings is 1. The van der Waals surface area contributed by atoms with Crippen molar-refractivity contribution in [3.8, 4) is 0 Å². The zero-order chi connectivity index (χ0) is 13.1. The van der Waals surface area contributed by atoms with Crippen LogP contribution in [0.15, 0.2) is 29.2 Å². The average Bonchev–Trinajstić information content (AvgIpc) is 2.69. The minimum Gasteiger partial charge on any atom is -0.375 e. The fourth-order valence-electron chi connectivity index (χ4n) is 1.49. The van der Waals surface area contributed by atoms with E-state index < -0.39 is 0 Å². The van der Waals surface area contributed by atoms with Crippen LogP contribution >= 0.6 is 23.1 Å². The Morgan fingerprint density at radius 1 is 1.39 bits per heavy atom. The van der Waals surface area contributed by atoms with Crippen molar-refractivity contribution in [3.63, 3.8) is 0 Å². The third-order valence-corrected chi connectivity index (χ3v) is 4.10. The number of aryl methyl sites for hydroxylation is 1. The number of hydrogen-bond acceptors (Lipinski definition) is 5. The first-order valence-corrected chi connectivity index (χ1v) is 7.32. The average molecular weight is 279 g/mol. The highest BCUT2D eigenvalue weighted by atomic mass is 32.2. The van der Waals surface area contributed by atoms with E-state index in [-0.39, 0.29) is 5.91 Å². The first-order valence-electron chi connectivity index (χ1n) is 5.28. The van der Waals surface area contributed by atoms with E-state index in [4.69, 9.17) is 5.73 Å². The number of anilines is 2. The molecule has 0 saturated heterocycles. The van der Waals surface area contributed by atoms with Crippen molar-refractivity contribution in [2.45, 2.75) is 11.8 Å². The standard InChI is InChI=1S/C12H13N3OS2/c1-7-10(18-12(13)14-7)11(16)15-8-3-5-9(17-2)6-4-8/h3-6H,1-2H3,(H2,13,14)(H,15,16). The molecule has 3 N–H and O–H groups in total. The lowest BCUT2D eigenvalue weighted by molar-refractivity contribution is 0.103. The molecular weight excluding hydrogens is 266 g/mol. The molecule has 0 aliphatic heterocycles. The topological polar surface area (TPSA) is 68.0 Å². The van der Waals surface area contributed by atoms with Crippen molar-refractivity contribution in [2.24, 2.45) is 0 Å². The quantitative estimate of drug-likeness (QED) is 0.847. The molecule has 1 aromatic carbocycles. The summed E-state index contributed by atoms with van der Waals surface area (Å²) in [5.41, 5.74) is 7.00. The molecule has 0 radical (unpaired) electrons. The molecule has 2 rings (SSSR count). The normalized spacial score (nSPS) is 10.3. The summed E-state index contributed by atoms with van der Waals surface area (Å²) in [6, 6.07) is 7.69. The van der Waals surface area contributed by atoms with Crippen molar-refractivity contribution in [1.82, 2.24) is 4.98 Å². The molecule has 1 heterocycles. The molecule has 0 unspecified atom stereocenters. The Balaban J connectivity index is 2.13. The first kappa shape index (κ1) is 12.9. The van der Waals surface area contributed by atoms with Crippen molar-refractivity contribution in [3.05, 3.63) is 34.8 Å².